The Hall–Kier alpha value is -1.70. The van der Waals surface area contributed by atoms with Gasteiger partial charge < -0.3 is 59.4 Å². The van der Waals surface area contributed by atoms with Crippen LogP contribution in [0.4, 0.5) is 0 Å². The molecule has 0 aliphatic rings. The first-order valence-electron chi connectivity index (χ1n) is 13.3. The number of hydrogen-bond donors (Lipinski definition) is 0. The molecular weight excluding hydrogens is 910 g/mol. The van der Waals surface area contributed by atoms with Crippen LogP contribution in [0.25, 0.3) is 0 Å². The minimum atomic E-state index is -1.33. The van der Waals surface area contributed by atoms with Crippen molar-refractivity contribution < 1.29 is 104 Å². The van der Waals surface area contributed by atoms with Crippen LogP contribution in [0, 0.1) is 35.5 Å². The SMILES string of the molecule is CCCCC(C(=O)[O-])C(C)C(=O)[O-].CCCCC(C(=O)[O-])C(C)C(=O)[O-].CCCCC(C(=O)[O-])C(C)C(=O)[O-].[Au+3].[Au+3]. The van der Waals surface area contributed by atoms with Gasteiger partial charge in [0.05, 0.1) is 0 Å². The van der Waals surface area contributed by atoms with Crippen molar-refractivity contribution in [2.45, 2.75) is 99.3 Å². The smallest absolute Gasteiger partial charge is 0.550 e. The van der Waals surface area contributed by atoms with E-state index >= 15 is 0 Å². The monoisotopic (exact) mass is 952 g/mol. The standard InChI is InChI=1S/3C9H16O4.2Au/c3*1-3-4-5-7(9(12)13)6(2)8(10)11;;/h3*6-7H,3-5H2,1-2H3,(H,10,11)(H,12,13);;/q;;;2*+3/p-6. The van der Waals surface area contributed by atoms with Crippen LogP contribution >= 0.6 is 0 Å². The molecule has 14 heteroatoms. The summed E-state index contributed by atoms with van der Waals surface area (Å²) >= 11 is 0. The zero-order chi connectivity index (χ0) is 31.3. The molecular formula is C27H42Au2O12. The van der Waals surface area contributed by atoms with E-state index in [-0.39, 0.29) is 44.8 Å². The molecule has 0 amide bonds. The Bertz CT molecular complexity index is 676. The van der Waals surface area contributed by atoms with Gasteiger partial charge in [-0.25, -0.2) is 0 Å². The number of hydrogen-bond acceptors (Lipinski definition) is 12. The molecule has 0 aromatic rings. The first-order valence-corrected chi connectivity index (χ1v) is 13.3. The Morgan fingerprint density at radius 3 is 0.683 bits per heavy atom. The Labute approximate surface area is 273 Å². The Morgan fingerprint density at radius 2 is 0.585 bits per heavy atom. The molecule has 0 saturated carbocycles. The molecule has 6 unspecified atom stereocenters. The Kier molecular flexibility index (Phi) is 34.0. The first-order chi connectivity index (χ1) is 18.0. The van der Waals surface area contributed by atoms with Crippen molar-refractivity contribution in [3.05, 3.63) is 0 Å². The molecule has 0 aromatic carbocycles. The minimum Gasteiger partial charge on any atom is -0.550 e. The van der Waals surface area contributed by atoms with Crippen LogP contribution in [0.3, 0.4) is 0 Å². The molecule has 0 fully saturated rings. The van der Waals surface area contributed by atoms with Gasteiger partial charge >= 0.3 is 44.8 Å². The summed E-state index contributed by atoms with van der Waals surface area (Å²) in [7, 11) is 0. The second-order valence-corrected chi connectivity index (χ2v) is 9.53. The third-order valence-electron chi connectivity index (χ3n) is 6.44. The zero-order valence-electron chi connectivity index (χ0n) is 24.3. The number of carbonyl (C=O) groups is 6. The van der Waals surface area contributed by atoms with Gasteiger partial charge in [-0.15, -0.1) is 0 Å². The van der Waals surface area contributed by atoms with E-state index in [1.165, 1.54) is 20.8 Å². The summed E-state index contributed by atoms with van der Waals surface area (Å²) in [4.78, 5) is 62.9. The first kappa shape index (κ1) is 49.0. The van der Waals surface area contributed by atoms with E-state index < -0.39 is 71.3 Å². The van der Waals surface area contributed by atoms with Gasteiger partial charge in [0.1, 0.15) is 0 Å². The van der Waals surface area contributed by atoms with Crippen molar-refractivity contribution in [3.8, 4) is 0 Å². The quantitative estimate of drug-likeness (QED) is 0.123. The van der Waals surface area contributed by atoms with Gasteiger partial charge in [0.2, 0.25) is 0 Å². The maximum absolute atomic E-state index is 10.5. The molecule has 0 aliphatic carbocycles. The molecule has 0 spiro atoms. The zero-order valence-corrected chi connectivity index (χ0v) is 28.7. The molecule has 0 rings (SSSR count). The molecule has 12 nitrogen and oxygen atoms in total. The van der Waals surface area contributed by atoms with Gasteiger partial charge in [0.25, 0.3) is 0 Å². The molecule has 0 bridgehead atoms. The van der Waals surface area contributed by atoms with Crippen LogP contribution in [0.1, 0.15) is 99.3 Å². The van der Waals surface area contributed by atoms with Crippen molar-refractivity contribution in [1.82, 2.24) is 0 Å². The summed E-state index contributed by atoms with van der Waals surface area (Å²) in [5.41, 5.74) is 0. The van der Waals surface area contributed by atoms with E-state index in [0.717, 1.165) is 19.3 Å². The van der Waals surface area contributed by atoms with Crippen LogP contribution < -0.4 is 30.6 Å². The van der Waals surface area contributed by atoms with Crippen molar-refractivity contribution in [2.24, 2.45) is 35.5 Å². The van der Waals surface area contributed by atoms with E-state index in [0.29, 0.717) is 38.5 Å². The van der Waals surface area contributed by atoms with Gasteiger partial charge in [0, 0.05) is 71.3 Å². The maximum Gasteiger partial charge on any atom is 3.00 e. The molecule has 0 aromatic heterocycles. The topological polar surface area (TPSA) is 241 Å². The summed E-state index contributed by atoms with van der Waals surface area (Å²) in [5.74, 6) is -13.6. The molecule has 6 atom stereocenters. The minimum absolute atomic E-state index is 0. The fourth-order valence-corrected chi connectivity index (χ4v) is 3.48. The number of unbranched alkanes of at least 4 members (excludes halogenated alkanes) is 3. The molecule has 0 saturated heterocycles. The number of aliphatic carboxylic acids is 6. The normalized spacial score (nSPS) is 14.2. The number of carboxylic acid groups (broad SMARTS) is 6. The molecule has 0 heterocycles. The number of carboxylic acids is 6. The fraction of sp³-hybridized carbons (Fsp3) is 0.778. The average molecular weight is 953 g/mol. The van der Waals surface area contributed by atoms with Crippen LogP contribution in [0.5, 0.6) is 0 Å². The van der Waals surface area contributed by atoms with Gasteiger partial charge in [-0.2, -0.15) is 0 Å². The van der Waals surface area contributed by atoms with E-state index in [2.05, 4.69) is 0 Å². The summed E-state index contributed by atoms with van der Waals surface area (Å²) in [6.45, 7) is 9.75. The third-order valence-corrected chi connectivity index (χ3v) is 6.44. The van der Waals surface area contributed by atoms with Crippen molar-refractivity contribution in [1.29, 1.82) is 0 Å². The molecule has 244 valence electrons. The summed E-state index contributed by atoms with van der Waals surface area (Å²) in [5, 5.41) is 62.9. The summed E-state index contributed by atoms with van der Waals surface area (Å²) in [6, 6.07) is 0. The van der Waals surface area contributed by atoms with Crippen molar-refractivity contribution in [2.75, 3.05) is 0 Å². The van der Waals surface area contributed by atoms with E-state index in [1.807, 2.05) is 20.8 Å². The molecule has 41 heavy (non-hydrogen) atoms. The van der Waals surface area contributed by atoms with Crippen LogP contribution in [-0.4, -0.2) is 35.8 Å². The Balaban J connectivity index is -0.000000154. The molecule has 0 radical (unpaired) electrons. The average Bonchev–Trinajstić information content (AvgIpc) is 2.84. The third kappa shape index (κ3) is 23.5. The summed E-state index contributed by atoms with van der Waals surface area (Å²) < 4.78 is 0. The number of rotatable bonds is 18. The predicted molar refractivity (Wildman–Crippen MR) is 127 cm³/mol. The Morgan fingerprint density at radius 1 is 0.415 bits per heavy atom. The largest absolute Gasteiger partial charge is 3.00 e. The van der Waals surface area contributed by atoms with E-state index in [4.69, 9.17) is 0 Å². The van der Waals surface area contributed by atoms with Gasteiger partial charge in [0.15, 0.2) is 0 Å². The van der Waals surface area contributed by atoms with Crippen LogP contribution in [0.2, 0.25) is 0 Å². The van der Waals surface area contributed by atoms with Gasteiger partial charge in [-0.1, -0.05) is 80.1 Å². The predicted octanol–water partition coefficient (Wildman–Crippen LogP) is -3.22. The second-order valence-electron chi connectivity index (χ2n) is 9.53. The number of carbonyl (C=O) groups excluding carboxylic acids is 6. The van der Waals surface area contributed by atoms with Crippen molar-refractivity contribution in [3.63, 3.8) is 0 Å². The van der Waals surface area contributed by atoms with Crippen LogP contribution in [0.15, 0.2) is 0 Å². The van der Waals surface area contributed by atoms with E-state index in [1.54, 1.807) is 0 Å². The van der Waals surface area contributed by atoms with Gasteiger partial charge in [-0.05, 0) is 19.3 Å². The fourth-order valence-electron chi connectivity index (χ4n) is 3.48. The molecule has 0 N–H and O–H groups in total. The second kappa shape index (κ2) is 28.4. The summed E-state index contributed by atoms with van der Waals surface area (Å²) in [6.07, 6.45) is 5.61. The molecule has 0 aliphatic heterocycles. The van der Waals surface area contributed by atoms with Gasteiger partial charge in [-0.3, -0.25) is 0 Å². The van der Waals surface area contributed by atoms with Crippen molar-refractivity contribution >= 4 is 35.8 Å². The van der Waals surface area contributed by atoms with E-state index in [9.17, 15) is 59.4 Å². The maximum atomic E-state index is 10.5. The van der Waals surface area contributed by atoms with Crippen LogP contribution in [-0.2, 0) is 73.5 Å².